The van der Waals surface area contributed by atoms with Crippen LogP contribution in [0.1, 0.15) is 52.6 Å². The second-order valence-corrected chi connectivity index (χ2v) is 8.04. The first kappa shape index (κ1) is 19.4. The number of pyridine rings is 2. The summed E-state index contributed by atoms with van der Waals surface area (Å²) in [5.74, 6) is -0.830. The minimum atomic E-state index is -0.555. The number of nitrogens with zero attached hydrogens (tertiary/aromatic N) is 4. The topological polar surface area (TPSA) is 78.7 Å². The van der Waals surface area contributed by atoms with Crippen molar-refractivity contribution >= 4 is 5.91 Å². The Morgan fingerprint density at radius 1 is 0.968 bits per heavy atom. The van der Waals surface area contributed by atoms with Crippen molar-refractivity contribution < 1.29 is 9.90 Å². The molecule has 2 aliphatic rings. The highest BCUT2D eigenvalue weighted by molar-refractivity contribution is 5.96. The Morgan fingerprint density at radius 2 is 1.81 bits per heavy atom. The van der Waals surface area contributed by atoms with E-state index >= 15 is 0 Å². The van der Waals surface area contributed by atoms with E-state index < -0.39 is 11.2 Å². The normalized spacial score (nSPS) is 18.7. The van der Waals surface area contributed by atoms with Crippen molar-refractivity contribution in [2.75, 3.05) is 18.2 Å². The van der Waals surface area contributed by atoms with E-state index in [2.05, 4.69) is 23.2 Å². The van der Waals surface area contributed by atoms with E-state index in [1.807, 2.05) is 29.3 Å². The molecule has 31 heavy (non-hydrogen) atoms. The molecule has 2 bridgehead atoms. The number of aromatic hydroxyl groups is 1. The zero-order valence-corrected chi connectivity index (χ0v) is 17.1. The molecule has 0 spiro atoms. The van der Waals surface area contributed by atoms with E-state index in [-0.39, 0.29) is 17.6 Å². The van der Waals surface area contributed by atoms with Gasteiger partial charge >= 0.3 is 0 Å². The van der Waals surface area contributed by atoms with Gasteiger partial charge in [-0.3, -0.25) is 24.3 Å². The molecule has 2 aromatic heterocycles. The fraction of sp³-hybridized carbons (Fsp3) is 0.292. The molecule has 0 radical (unpaired) electrons. The lowest BCUT2D eigenvalue weighted by Crippen LogP contribution is -2.55. The summed E-state index contributed by atoms with van der Waals surface area (Å²) in [6.07, 6.45) is 7.19. The quantitative estimate of drug-likeness (QED) is 0.660. The van der Waals surface area contributed by atoms with E-state index in [4.69, 9.17) is 0 Å². The molecule has 2 aliphatic heterocycles. The molecule has 1 unspecified atom stereocenters. The maximum atomic E-state index is 13.2. The SMILES string of the molecule is O=C1c2c(O)c(=O)ccn2N2CN1CCCCCc1ccccc1C2c1ccccn1. The van der Waals surface area contributed by atoms with Crippen LogP contribution in [-0.4, -0.2) is 38.8 Å². The molecule has 4 heterocycles. The summed E-state index contributed by atoms with van der Waals surface area (Å²) in [6.45, 7) is 0.910. The molecule has 0 saturated heterocycles. The Hall–Kier alpha value is -3.61. The van der Waals surface area contributed by atoms with Crippen molar-refractivity contribution in [1.29, 1.82) is 0 Å². The van der Waals surface area contributed by atoms with Gasteiger partial charge in [-0.15, -0.1) is 0 Å². The highest BCUT2D eigenvalue weighted by Gasteiger charge is 2.37. The lowest BCUT2D eigenvalue weighted by Gasteiger charge is -2.43. The third-order valence-corrected chi connectivity index (χ3v) is 6.13. The standard InChI is InChI=1S/C24H24N4O3/c29-20-12-15-27-22(23(20)30)24(31)26-14-7-1-2-8-17-9-3-4-10-18(17)21(28(27)16-26)19-11-5-6-13-25-19/h3-6,9-13,15,21,30H,1-2,7-8,14,16H2. The van der Waals surface area contributed by atoms with Crippen LogP contribution in [0, 0.1) is 0 Å². The Labute approximate surface area is 180 Å². The molecular formula is C24H24N4O3. The lowest BCUT2D eigenvalue weighted by atomic mass is 9.94. The number of fused-ring (bicyclic) bond motifs is 5. The molecule has 7 nitrogen and oxygen atoms in total. The third kappa shape index (κ3) is 3.36. The van der Waals surface area contributed by atoms with Crippen molar-refractivity contribution in [2.45, 2.75) is 31.7 Å². The number of carbonyl (C=O) groups excluding carboxylic acids is 1. The van der Waals surface area contributed by atoms with E-state index in [1.165, 1.54) is 11.6 Å². The molecule has 0 saturated carbocycles. The minimum Gasteiger partial charge on any atom is -0.502 e. The van der Waals surface area contributed by atoms with Gasteiger partial charge in [0.05, 0.1) is 5.69 Å². The first-order valence-corrected chi connectivity index (χ1v) is 10.6. The summed E-state index contributed by atoms with van der Waals surface area (Å²) < 4.78 is 1.63. The van der Waals surface area contributed by atoms with Crippen LogP contribution in [0.25, 0.3) is 0 Å². The van der Waals surface area contributed by atoms with E-state index in [1.54, 1.807) is 22.0 Å². The molecule has 1 amide bonds. The van der Waals surface area contributed by atoms with Gasteiger partial charge in [0.25, 0.3) is 5.91 Å². The molecule has 0 fully saturated rings. The maximum Gasteiger partial charge on any atom is 0.277 e. The van der Waals surface area contributed by atoms with E-state index in [9.17, 15) is 14.7 Å². The smallest absolute Gasteiger partial charge is 0.277 e. The number of amides is 1. The van der Waals surface area contributed by atoms with Gasteiger partial charge in [0.2, 0.25) is 5.43 Å². The summed E-state index contributed by atoms with van der Waals surface area (Å²) in [5.41, 5.74) is 2.65. The highest BCUT2D eigenvalue weighted by atomic mass is 16.3. The number of rotatable bonds is 1. The average Bonchev–Trinajstić information content (AvgIpc) is 2.82. The first-order chi connectivity index (χ1) is 15.1. The Morgan fingerprint density at radius 3 is 2.65 bits per heavy atom. The number of hydrogen-bond acceptors (Lipinski definition) is 5. The van der Waals surface area contributed by atoms with Crippen LogP contribution in [0.2, 0.25) is 0 Å². The van der Waals surface area contributed by atoms with Crippen molar-refractivity contribution in [3.63, 3.8) is 0 Å². The van der Waals surface area contributed by atoms with Gasteiger partial charge in [-0.25, -0.2) is 0 Å². The van der Waals surface area contributed by atoms with Crippen LogP contribution in [0.4, 0.5) is 0 Å². The molecule has 1 atom stereocenters. The van der Waals surface area contributed by atoms with Gasteiger partial charge in [0.1, 0.15) is 12.7 Å². The van der Waals surface area contributed by atoms with E-state index in [0.29, 0.717) is 13.2 Å². The lowest BCUT2D eigenvalue weighted by molar-refractivity contribution is 0.0676. The molecule has 1 aromatic carbocycles. The van der Waals surface area contributed by atoms with Crippen molar-refractivity contribution in [3.8, 4) is 5.75 Å². The molecule has 3 aromatic rings. The van der Waals surface area contributed by atoms with E-state index in [0.717, 1.165) is 36.9 Å². The van der Waals surface area contributed by atoms with Crippen LogP contribution in [0.5, 0.6) is 5.75 Å². The predicted octanol–water partition coefficient (Wildman–Crippen LogP) is 2.82. The minimum absolute atomic E-state index is 0.0106. The molecule has 7 heteroatoms. The summed E-state index contributed by atoms with van der Waals surface area (Å²) >= 11 is 0. The molecule has 158 valence electrons. The summed E-state index contributed by atoms with van der Waals surface area (Å²) in [6, 6.07) is 15.2. The largest absolute Gasteiger partial charge is 0.502 e. The summed E-state index contributed by atoms with van der Waals surface area (Å²) in [7, 11) is 0. The molecule has 1 N–H and O–H groups in total. The Bertz CT molecular complexity index is 1170. The summed E-state index contributed by atoms with van der Waals surface area (Å²) in [5, 5.41) is 12.6. The number of carbonyl (C=O) groups is 1. The van der Waals surface area contributed by atoms with Crippen LogP contribution >= 0.6 is 0 Å². The second kappa shape index (κ2) is 7.91. The molecular weight excluding hydrogens is 392 g/mol. The van der Waals surface area contributed by atoms with Crippen LogP contribution in [0.15, 0.2) is 65.7 Å². The zero-order valence-electron chi connectivity index (χ0n) is 17.1. The van der Waals surface area contributed by atoms with Crippen LogP contribution < -0.4 is 10.4 Å². The molecule has 5 rings (SSSR count). The fourth-order valence-electron chi connectivity index (χ4n) is 4.60. The third-order valence-electron chi connectivity index (χ3n) is 6.13. The van der Waals surface area contributed by atoms with Gasteiger partial charge in [-0.1, -0.05) is 36.8 Å². The van der Waals surface area contributed by atoms with Gasteiger partial charge in [-0.2, -0.15) is 0 Å². The number of aryl methyl sites for hydroxylation is 1. The first-order valence-electron chi connectivity index (χ1n) is 10.6. The van der Waals surface area contributed by atoms with Gasteiger partial charge < -0.3 is 10.0 Å². The van der Waals surface area contributed by atoms with Crippen molar-refractivity contribution in [1.82, 2.24) is 14.6 Å². The Balaban J connectivity index is 1.78. The Kier molecular flexibility index (Phi) is 4.94. The fourth-order valence-corrected chi connectivity index (χ4v) is 4.60. The van der Waals surface area contributed by atoms with Crippen LogP contribution in [0.3, 0.4) is 0 Å². The second-order valence-electron chi connectivity index (χ2n) is 8.04. The number of benzene rings is 1. The van der Waals surface area contributed by atoms with Crippen molar-refractivity contribution in [2.24, 2.45) is 0 Å². The zero-order chi connectivity index (χ0) is 21.4. The highest BCUT2D eigenvalue weighted by Crippen LogP contribution is 2.34. The average molecular weight is 416 g/mol. The predicted molar refractivity (Wildman–Crippen MR) is 117 cm³/mol. The monoisotopic (exact) mass is 416 g/mol. The van der Waals surface area contributed by atoms with Crippen molar-refractivity contribution in [3.05, 3.63) is 93.7 Å². The van der Waals surface area contributed by atoms with Gasteiger partial charge in [-0.05, 0) is 42.5 Å². The molecule has 0 aliphatic carbocycles. The maximum absolute atomic E-state index is 13.2. The van der Waals surface area contributed by atoms with Gasteiger partial charge in [0, 0.05) is 25.0 Å². The number of aromatic nitrogens is 2. The van der Waals surface area contributed by atoms with Crippen LogP contribution in [-0.2, 0) is 6.42 Å². The number of hydrogen-bond donors (Lipinski definition) is 1. The van der Waals surface area contributed by atoms with Gasteiger partial charge in [0.15, 0.2) is 11.4 Å². The summed E-state index contributed by atoms with van der Waals surface area (Å²) in [4.78, 5) is 31.7.